The van der Waals surface area contributed by atoms with Crippen molar-refractivity contribution in [3.05, 3.63) is 64.7 Å². The van der Waals surface area contributed by atoms with Crippen molar-refractivity contribution >= 4 is 5.91 Å². The molecule has 0 radical (unpaired) electrons. The Morgan fingerprint density at radius 1 is 1.24 bits per heavy atom. The van der Waals surface area contributed by atoms with Crippen LogP contribution in [-0.4, -0.2) is 11.0 Å². The molecule has 110 valence electrons. The van der Waals surface area contributed by atoms with E-state index in [0.717, 1.165) is 16.9 Å². The van der Waals surface area contributed by atoms with Crippen LogP contribution in [0.15, 0.2) is 42.5 Å². The van der Waals surface area contributed by atoms with Crippen molar-refractivity contribution in [1.82, 2.24) is 0 Å². The molecular weight excluding hydrogens is 266 g/mol. The first kappa shape index (κ1) is 15.1. The quantitative estimate of drug-likeness (QED) is 0.886. The number of ether oxygens (including phenoxy) is 1. The first-order valence-corrected chi connectivity index (χ1v) is 6.74. The van der Waals surface area contributed by atoms with Gasteiger partial charge in [-0.1, -0.05) is 42.0 Å². The second-order valence-electron chi connectivity index (χ2n) is 5.06. The zero-order chi connectivity index (χ0) is 15.4. The summed E-state index contributed by atoms with van der Waals surface area (Å²) >= 11 is 0. The number of carbonyl (C=O) groups is 1. The van der Waals surface area contributed by atoms with E-state index in [4.69, 9.17) is 10.5 Å². The molecule has 0 aliphatic rings. The zero-order valence-corrected chi connectivity index (χ0v) is 12.2. The zero-order valence-electron chi connectivity index (χ0n) is 12.2. The molecule has 0 fully saturated rings. The maximum Gasteiger partial charge on any atom is 0.250 e. The third-order valence-electron chi connectivity index (χ3n) is 3.33. The van der Waals surface area contributed by atoms with Crippen LogP contribution in [0.2, 0.25) is 0 Å². The van der Waals surface area contributed by atoms with Crippen molar-refractivity contribution in [2.75, 3.05) is 0 Å². The average molecular weight is 285 g/mol. The maximum absolute atomic E-state index is 11.1. The summed E-state index contributed by atoms with van der Waals surface area (Å²) in [6, 6.07) is 13.0. The van der Waals surface area contributed by atoms with Gasteiger partial charge in [0.1, 0.15) is 12.4 Å². The van der Waals surface area contributed by atoms with Crippen LogP contribution in [0.5, 0.6) is 5.75 Å². The molecule has 3 N–H and O–H groups in total. The number of rotatable bonds is 5. The molecule has 4 heteroatoms. The molecule has 2 aromatic carbocycles. The molecule has 0 aromatic heterocycles. The fraction of sp³-hybridized carbons (Fsp3) is 0.235. The summed E-state index contributed by atoms with van der Waals surface area (Å²) in [4.78, 5) is 11.1. The summed E-state index contributed by atoms with van der Waals surface area (Å²) in [5.41, 5.74) is 8.59. The van der Waals surface area contributed by atoms with Crippen molar-refractivity contribution in [1.29, 1.82) is 0 Å². The van der Waals surface area contributed by atoms with E-state index in [1.165, 1.54) is 5.56 Å². The number of carbonyl (C=O) groups excluding carboxylic acids is 1. The predicted octanol–water partition coefficient (Wildman–Crippen LogP) is 2.40. The van der Waals surface area contributed by atoms with Gasteiger partial charge in [0.05, 0.1) is 0 Å². The minimum Gasteiger partial charge on any atom is -0.489 e. The molecule has 21 heavy (non-hydrogen) atoms. The Morgan fingerprint density at radius 2 is 1.95 bits per heavy atom. The van der Waals surface area contributed by atoms with Gasteiger partial charge in [0.15, 0.2) is 6.10 Å². The standard InChI is InChI=1S/C17H19NO3/c1-11-7-8-15(12(2)9-11)21-10-13-5-3-4-6-14(13)16(19)17(18)20/h3-9,16,19H,10H2,1-2H3,(H2,18,20). The molecule has 0 saturated carbocycles. The van der Waals surface area contributed by atoms with Gasteiger partial charge >= 0.3 is 0 Å². The minimum atomic E-state index is -1.32. The van der Waals surface area contributed by atoms with Crippen LogP contribution in [0.25, 0.3) is 0 Å². The minimum absolute atomic E-state index is 0.268. The highest BCUT2D eigenvalue weighted by Gasteiger charge is 2.17. The Labute approximate surface area is 124 Å². The predicted molar refractivity (Wildman–Crippen MR) is 80.8 cm³/mol. The van der Waals surface area contributed by atoms with E-state index in [2.05, 4.69) is 0 Å². The van der Waals surface area contributed by atoms with Crippen LogP contribution < -0.4 is 10.5 Å². The van der Waals surface area contributed by atoms with E-state index in [-0.39, 0.29) is 6.61 Å². The molecule has 2 aromatic rings. The number of benzene rings is 2. The molecule has 0 bridgehead atoms. The lowest BCUT2D eigenvalue weighted by Crippen LogP contribution is -2.22. The molecule has 0 heterocycles. The third-order valence-corrected chi connectivity index (χ3v) is 3.33. The van der Waals surface area contributed by atoms with Crippen molar-refractivity contribution in [3.63, 3.8) is 0 Å². The van der Waals surface area contributed by atoms with Crippen LogP contribution in [0.3, 0.4) is 0 Å². The Kier molecular flexibility index (Phi) is 4.60. The molecule has 1 atom stereocenters. The first-order valence-electron chi connectivity index (χ1n) is 6.74. The van der Waals surface area contributed by atoms with E-state index >= 15 is 0 Å². The Bertz CT molecular complexity index is 652. The van der Waals surface area contributed by atoms with E-state index in [1.807, 2.05) is 44.2 Å². The van der Waals surface area contributed by atoms with Crippen molar-refractivity contribution in [3.8, 4) is 5.75 Å². The molecule has 4 nitrogen and oxygen atoms in total. The van der Waals surface area contributed by atoms with Gasteiger partial charge in [-0.15, -0.1) is 0 Å². The highest BCUT2D eigenvalue weighted by molar-refractivity contribution is 5.80. The summed E-state index contributed by atoms with van der Waals surface area (Å²) in [5.74, 6) is 0.0120. The number of amides is 1. The summed E-state index contributed by atoms with van der Waals surface area (Å²) in [6.45, 7) is 4.27. The smallest absolute Gasteiger partial charge is 0.250 e. The Balaban J connectivity index is 2.18. The fourth-order valence-corrected chi connectivity index (χ4v) is 2.20. The first-order chi connectivity index (χ1) is 9.99. The monoisotopic (exact) mass is 285 g/mol. The van der Waals surface area contributed by atoms with E-state index in [1.54, 1.807) is 12.1 Å². The van der Waals surface area contributed by atoms with Gasteiger partial charge in [-0.05, 0) is 36.6 Å². The highest BCUT2D eigenvalue weighted by Crippen LogP contribution is 2.23. The second kappa shape index (κ2) is 6.41. The van der Waals surface area contributed by atoms with Crippen LogP contribution >= 0.6 is 0 Å². The molecular formula is C17H19NO3. The molecule has 1 unspecified atom stereocenters. The summed E-state index contributed by atoms with van der Waals surface area (Å²) in [7, 11) is 0. The van der Waals surface area contributed by atoms with Crippen LogP contribution in [0.4, 0.5) is 0 Å². The number of aliphatic hydroxyl groups excluding tert-OH is 1. The van der Waals surface area contributed by atoms with Gasteiger partial charge < -0.3 is 15.6 Å². The van der Waals surface area contributed by atoms with E-state index in [0.29, 0.717) is 5.56 Å². The lowest BCUT2D eigenvalue weighted by atomic mass is 10.0. The topological polar surface area (TPSA) is 72.6 Å². The third kappa shape index (κ3) is 3.61. The number of hydrogen-bond donors (Lipinski definition) is 2. The van der Waals surface area contributed by atoms with E-state index in [9.17, 15) is 9.90 Å². The molecule has 0 saturated heterocycles. The number of aliphatic hydroxyl groups is 1. The number of nitrogens with two attached hydrogens (primary N) is 1. The maximum atomic E-state index is 11.1. The summed E-state index contributed by atoms with van der Waals surface area (Å²) in [6.07, 6.45) is -1.32. The van der Waals surface area contributed by atoms with Gasteiger partial charge in [-0.25, -0.2) is 0 Å². The lowest BCUT2D eigenvalue weighted by molar-refractivity contribution is -0.126. The van der Waals surface area contributed by atoms with Crippen LogP contribution in [-0.2, 0) is 11.4 Å². The number of hydrogen-bond acceptors (Lipinski definition) is 3. The highest BCUT2D eigenvalue weighted by atomic mass is 16.5. The molecule has 2 rings (SSSR count). The Hall–Kier alpha value is -2.33. The molecule has 0 spiro atoms. The number of primary amides is 1. The van der Waals surface area contributed by atoms with Gasteiger partial charge in [0.25, 0.3) is 5.91 Å². The van der Waals surface area contributed by atoms with E-state index < -0.39 is 12.0 Å². The van der Waals surface area contributed by atoms with Gasteiger partial charge in [0.2, 0.25) is 0 Å². The normalized spacial score (nSPS) is 12.0. The molecule has 0 aliphatic carbocycles. The lowest BCUT2D eigenvalue weighted by Gasteiger charge is -2.15. The average Bonchev–Trinajstić information content (AvgIpc) is 2.46. The molecule has 0 aliphatic heterocycles. The SMILES string of the molecule is Cc1ccc(OCc2ccccc2C(O)C(N)=O)c(C)c1. The second-order valence-corrected chi connectivity index (χ2v) is 5.06. The van der Waals surface area contributed by atoms with Gasteiger partial charge in [-0.2, -0.15) is 0 Å². The van der Waals surface area contributed by atoms with Crippen molar-refractivity contribution in [2.24, 2.45) is 5.73 Å². The van der Waals surface area contributed by atoms with Gasteiger partial charge in [-0.3, -0.25) is 4.79 Å². The van der Waals surface area contributed by atoms with Crippen molar-refractivity contribution < 1.29 is 14.6 Å². The summed E-state index contributed by atoms with van der Waals surface area (Å²) in [5, 5.41) is 9.84. The Morgan fingerprint density at radius 3 is 2.62 bits per heavy atom. The van der Waals surface area contributed by atoms with Crippen molar-refractivity contribution in [2.45, 2.75) is 26.6 Å². The fourth-order valence-electron chi connectivity index (χ4n) is 2.20. The summed E-state index contributed by atoms with van der Waals surface area (Å²) < 4.78 is 5.79. The van der Waals surface area contributed by atoms with Crippen LogP contribution in [0.1, 0.15) is 28.4 Å². The molecule has 1 amide bonds. The van der Waals surface area contributed by atoms with Gasteiger partial charge in [0, 0.05) is 0 Å². The van der Waals surface area contributed by atoms with Crippen LogP contribution in [0, 0.1) is 13.8 Å². The largest absolute Gasteiger partial charge is 0.489 e. The number of aryl methyl sites for hydroxylation is 2.